The number of rotatable bonds is 3. The summed E-state index contributed by atoms with van der Waals surface area (Å²) < 4.78 is 13.2. The van der Waals surface area contributed by atoms with Gasteiger partial charge in [-0.05, 0) is 36.6 Å². The second kappa shape index (κ2) is 4.80. The van der Waals surface area contributed by atoms with E-state index in [0.29, 0.717) is 18.2 Å². The number of hydrogen-bond acceptors (Lipinski definition) is 1. The van der Waals surface area contributed by atoms with Crippen LogP contribution in [0.4, 0.5) is 4.39 Å². The van der Waals surface area contributed by atoms with E-state index < -0.39 is 0 Å². The van der Waals surface area contributed by atoms with Gasteiger partial charge in [-0.3, -0.25) is 4.79 Å². The van der Waals surface area contributed by atoms with Crippen molar-refractivity contribution in [1.82, 2.24) is 10.3 Å². The standard InChI is InChI=1S/C14H17FN2O/c1-8(2)7-16-14(18)13-9(3)11-6-10(15)4-5-12(11)17-13/h4-6,8,17H,7H2,1-3H3,(H,16,18). The molecule has 1 amide bonds. The SMILES string of the molecule is Cc1c(C(=O)NCC(C)C)[nH]c2ccc(F)cc12. The number of fused-ring (bicyclic) bond motifs is 1. The average Bonchev–Trinajstić information content (AvgIpc) is 2.64. The number of carbonyl (C=O) groups is 1. The minimum atomic E-state index is -0.293. The summed E-state index contributed by atoms with van der Waals surface area (Å²) in [6, 6.07) is 4.48. The molecule has 18 heavy (non-hydrogen) atoms. The molecule has 2 N–H and O–H groups in total. The Labute approximate surface area is 105 Å². The minimum absolute atomic E-state index is 0.141. The number of aromatic amines is 1. The molecule has 1 aromatic heterocycles. The first-order valence-electron chi connectivity index (χ1n) is 6.05. The molecule has 0 atom stereocenters. The van der Waals surface area contributed by atoms with E-state index in [9.17, 15) is 9.18 Å². The Morgan fingerprint density at radius 3 is 2.83 bits per heavy atom. The highest BCUT2D eigenvalue weighted by Crippen LogP contribution is 2.22. The van der Waals surface area contributed by atoms with Gasteiger partial charge in [0.1, 0.15) is 11.5 Å². The van der Waals surface area contributed by atoms with Gasteiger partial charge in [-0.1, -0.05) is 13.8 Å². The van der Waals surface area contributed by atoms with Crippen molar-refractivity contribution in [1.29, 1.82) is 0 Å². The molecule has 2 aromatic rings. The second-order valence-corrected chi connectivity index (χ2v) is 4.92. The summed E-state index contributed by atoms with van der Waals surface area (Å²) in [5, 5.41) is 3.61. The van der Waals surface area contributed by atoms with E-state index in [1.54, 1.807) is 6.07 Å². The van der Waals surface area contributed by atoms with E-state index >= 15 is 0 Å². The van der Waals surface area contributed by atoms with Crippen LogP contribution in [0, 0.1) is 18.7 Å². The van der Waals surface area contributed by atoms with Gasteiger partial charge in [-0.25, -0.2) is 4.39 Å². The van der Waals surface area contributed by atoms with E-state index in [0.717, 1.165) is 16.5 Å². The van der Waals surface area contributed by atoms with Gasteiger partial charge in [0, 0.05) is 17.4 Å². The number of halogens is 1. The third-order valence-corrected chi connectivity index (χ3v) is 2.92. The van der Waals surface area contributed by atoms with Crippen LogP contribution in [-0.2, 0) is 0 Å². The van der Waals surface area contributed by atoms with E-state index in [1.165, 1.54) is 12.1 Å². The van der Waals surface area contributed by atoms with Crippen LogP contribution >= 0.6 is 0 Å². The molecule has 3 nitrogen and oxygen atoms in total. The fourth-order valence-corrected chi connectivity index (χ4v) is 1.91. The van der Waals surface area contributed by atoms with Crippen molar-refractivity contribution in [3.05, 3.63) is 35.3 Å². The lowest BCUT2D eigenvalue weighted by atomic mass is 10.1. The Hall–Kier alpha value is -1.84. The van der Waals surface area contributed by atoms with Crippen LogP contribution in [0.2, 0.25) is 0 Å². The molecule has 0 unspecified atom stereocenters. The van der Waals surface area contributed by atoms with Crippen LogP contribution in [0.25, 0.3) is 10.9 Å². The predicted octanol–water partition coefficient (Wildman–Crippen LogP) is 3.00. The molecule has 0 spiro atoms. The Morgan fingerprint density at radius 2 is 2.17 bits per heavy atom. The number of hydrogen-bond donors (Lipinski definition) is 2. The lowest BCUT2D eigenvalue weighted by Crippen LogP contribution is -2.28. The maximum Gasteiger partial charge on any atom is 0.268 e. The first kappa shape index (κ1) is 12.6. The first-order chi connectivity index (χ1) is 8.49. The summed E-state index contributed by atoms with van der Waals surface area (Å²) in [4.78, 5) is 15.0. The van der Waals surface area contributed by atoms with Crippen LogP contribution in [0.1, 0.15) is 29.9 Å². The molecule has 1 heterocycles. The van der Waals surface area contributed by atoms with Gasteiger partial charge in [0.15, 0.2) is 0 Å². The van der Waals surface area contributed by atoms with Crippen LogP contribution in [-0.4, -0.2) is 17.4 Å². The molecule has 0 aliphatic heterocycles. The summed E-state index contributed by atoms with van der Waals surface area (Å²) in [7, 11) is 0. The highest BCUT2D eigenvalue weighted by Gasteiger charge is 2.14. The molecule has 2 rings (SSSR count). The summed E-state index contributed by atoms with van der Waals surface area (Å²) >= 11 is 0. The number of H-pyrrole nitrogens is 1. The normalized spacial score (nSPS) is 11.2. The van der Waals surface area contributed by atoms with Gasteiger partial charge in [0.25, 0.3) is 5.91 Å². The molecule has 0 saturated heterocycles. The number of nitrogens with one attached hydrogen (secondary N) is 2. The zero-order valence-electron chi connectivity index (χ0n) is 10.8. The van der Waals surface area contributed by atoms with Crippen molar-refractivity contribution >= 4 is 16.8 Å². The van der Waals surface area contributed by atoms with Crippen molar-refractivity contribution in [3.63, 3.8) is 0 Å². The second-order valence-electron chi connectivity index (χ2n) is 4.92. The van der Waals surface area contributed by atoms with Gasteiger partial charge in [0.05, 0.1) is 0 Å². The summed E-state index contributed by atoms with van der Waals surface area (Å²) in [6.45, 7) is 6.52. The van der Waals surface area contributed by atoms with Crippen molar-refractivity contribution < 1.29 is 9.18 Å². The number of benzene rings is 1. The van der Waals surface area contributed by atoms with Crippen LogP contribution in [0.15, 0.2) is 18.2 Å². The Bertz CT molecular complexity index is 587. The van der Waals surface area contributed by atoms with Crippen molar-refractivity contribution in [2.75, 3.05) is 6.54 Å². The summed E-state index contributed by atoms with van der Waals surface area (Å²) in [6.07, 6.45) is 0. The van der Waals surface area contributed by atoms with Crippen molar-refractivity contribution in [3.8, 4) is 0 Å². The quantitative estimate of drug-likeness (QED) is 0.861. The summed E-state index contributed by atoms with van der Waals surface area (Å²) in [5.74, 6) is -0.0346. The molecule has 0 aliphatic rings. The summed E-state index contributed by atoms with van der Waals surface area (Å²) in [5.41, 5.74) is 2.07. The number of aryl methyl sites for hydroxylation is 1. The lowest BCUT2D eigenvalue weighted by Gasteiger charge is -2.06. The Kier molecular flexibility index (Phi) is 3.36. The highest BCUT2D eigenvalue weighted by molar-refractivity contribution is 6.00. The molecule has 4 heteroatoms. The maximum atomic E-state index is 13.2. The topological polar surface area (TPSA) is 44.9 Å². The molecular weight excluding hydrogens is 231 g/mol. The molecule has 96 valence electrons. The maximum absolute atomic E-state index is 13.2. The molecule has 0 fully saturated rings. The molecule has 1 aromatic carbocycles. The minimum Gasteiger partial charge on any atom is -0.351 e. The number of aromatic nitrogens is 1. The molecular formula is C14H17FN2O. The smallest absolute Gasteiger partial charge is 0.268 e. The van der Waals surface area contributed by atoms with Crippen LogP contribution < -0.4 is 5.32 Å². The van der Waals surface area contributed by atoms with Crippen LogP contribution in [0.3, 0.4) is 0 Å². The third kappa shape index (κ3) is 2.37. The molecule has 0 radical (unpaired) electrons. The lowest BCUT2D eigenvalue weighted by molar-refractivity contribution is 0.0944. The van der Waals surface area contributed by atoms with Crippen molar-refractivity contribution in [2.45, 2.75) is 20.8 Å². The van der Waals surface area contributed by atoms with Gasteiger partial charge in [0.2, 0.25) is 0 Å². The molecule has 0 bridgehead atoms. The number of carbonyl (C=O) groups excluding carboxylic acids is 1. The fourth-order valence-electron chi connectivity index (χ4n) is 1.91. The Morgan fingerprint density at radius 1 is 1.44 bits per heavy atom. The molecule has 0 aliphatic carbocycles. The van der Waals surface area contributed by atoms with E-state index in [-0.39, 0.29) is 11.7 Å². The zero-order chi connectivity index (χ0) is 13.3. The van der Waals surface area contributed by atoms with Crippen LogP contribution in [0.5, 0.6) is 0 Å². The van der Waals surface area contributed by atoms with E-state index in [1.807, 2.05) is 20.8 Å². The van der Waals surface area contributed by atoms with Gasteiger partial charge in [-0.15, -0.1) is 0 Å². The third-order valence-electron chi connectivity index (χ3n) is 2.92. The zero-order valence-corrected chi connectivity index (χ0v) is 10.8. The van der Waals surface area contributed by atoms with E-state index in [2.05, 4.69) is 10.3 Å². The largest absolute Gasteiger partial charge is 0.351 e. The number of amides is 1. The van der Waals surface area contributed by atoms with Gasteiger partial charge >= 0.3 is 0 Å². The van der Waals surface area contributed by atoms with E-state index in [4.69, 9.17) is 0 Å². The Balaban J connectivity index is 2.34. The average molecular weight is 248 g/mol. The predicted molar refractivity (Wildman–Crippen MR) is 70.2 cm³/mol. The van der Waals surface area contributed by atoms with Gasteiger partial charge < -0.3 is 10.3 Å². The highest BCUT2D eigenvalue weighted by atomic mass is 19.1. The van der Waals surface area contributed by atoms with Crippen molar-refractivity contribution in [2.24, 2.45) is 5.92 Å². The van der Waals surface area contributed by atoms with Gasteiger partial charge in [-0.2, -0.15) is 0 Å². The monoisotopic (exact) mass is 248 g/mol. The fraction of sp³-hybridized carbons (Fsp3) is 0.357. The first-order valence-corrected chi connectivity index (χ1v) is 6.05. The molecule has 0 saturated carbocycles.